The molecule has 62 heavy (non-hydrogen) atoms. The van der Waals surface area contributed by atoms with Gasteiger partial charge in [-0.2, -0.15) is 12.1 Å². The number of halogens is 2. The Bertz CT molecular complexity index is 2030. The average molecular weight is 965 g/mol. The third-order valence-corrected chi connectivity index (χ3v) is 13.7. The maximum absolute atomic E-state index is 3.06. The Morgan fingerprint density at radius 2 is 0.806 bits per heavy atom. The molecule has 336 valence electrons. The van der Waals surface area contributed by atoms with E-state index in [4.69, 9.17) is 0 Å². The Morgan fingerprint density at radius 1 is 0.484 bits per heavy atom. The van der Waals surface area contributed by atoms with Crippen molar-refractivity contribution in [1.29, 1.82) is 0 Å². The molecule has 8 rings (SSSR count). The van der Waals surface area contributed by atoms with E-state index in [9.17, 15) is 0 Å². The van der Waals surface area contributed by atoms with Gasteiger partial charge in [0.25, 0.3) is 0 Å². The Morgan fingerprint density at radius 3 is 1.11 bits per heavy atom. The third kappa shape index (κ3) is 14.4. The Labute approximate surface area is 409 Å². The molecule has 2 aliphatic rings. The maximum atomic E-state index is 3.06. The molecule has 0 unspecified atom stereocenters. The first kappa shape index (κ1) is 55.9. The molecule has 0 heterocycles. The van der Waals surface area contributed by atoms with Crippen molar-refractivity contribution >= 4 is 53.2 Å². The molecule has 0 amide bonds. The van der Waals surface area contributed by atoms with Crippen LogP contribution in [0.4, 0.5) is 0 Å². The minimum atomic E-state index is 0. The van der Waals surface area contributed by atoms with Crippen LogP contribution in [0.1, 0.15) is 150 Å². The fourth-order valence-electron chi connectivity index (χ4n) is 11.5. The molecular formula is C58H78Cl2SiZr-4. The molecule has 2 saturated carbocycles. The van der Waals surface area contributed by atoms with Gasteiger partial charge in [-0.05, 0) is 101 Å². The van der Waals surface area contributed by atoms with Crippen molar-refractivity contribution in [3.05, 3.63) is 145 Å². The number of benzene rings is 4. The van der Waals surface area contributed by atoms with Crippen molar-refractivity contribution in [2.24, 2.45) is 10.8 Å². The van der Waals surface area contributed by atoms with Gasteiger partial charge in [0.1, 0.15) is 0 Å². The van der Waals surface area contributed by atoms with Gasteiger partial charge in [-0.1, -0.05) is 160 Å². The zero-order chi connectivity index (χ0) is 41.1. The summed E-state index contributed by atoms with van der Waals surface area (Å²) in [7, 11) is 0. The number of fused-ring (bicyclic) bond motifs is 2. The number of hydrogen-bond donors (Lipinski definition) is 0. The summed E-state index contributed by atoms with van der Waals surface area (Å²) in [5.41, 5.74) is 15.1. The van der Waals surface area contributed by atoms with Gasteiger partial charge in [-0.25, -0.2) is 0 Å². The SMILES string of the molecule is CCCC1(Cc2cc3c(-c4cc(C)cc(C)c4)cccc3[cH-]2)CCCCCC1.CCCC1(Cc2cc3c(-c4cc(C)cc(C)c4)cccc3[cH-]2)CCCCCC1.Cl.Cl.[CH3-].[CH3-].[Si]=[Zr]. The molecule has 0 N–H and O–H groups in total. The van der Waals surface area contributed by atoms with Crippen molar-refractivity contribution in [3.8, 4) is 22.3 Å². The van der Waals surface area contributed by atoms with Crippen molar-refractivity contribution < 1.29 is 23.3 Å². The summed E-state index contributed by atoms with van der Waals surface area (Å²) in [5.74, 6) is 0. The van der Waals surface area contributed by atoms with Crippen LogP contribution < -0.4 is 0 Å². The van der Waals surface area contributed by atoms with E-state index in [1.54, 1.807) is 11.1 Å². The molecule has 0 bridgehead atoms. The summed E-state index contributed by atoms with van der Waals surface area (Å²) in [6.45, 7) is 16.6. The minimum absolute atomic E-state index is 0. The Kier molecular flexibility index (Phi) is 24.0. The molecule has 0 saturated heterocycles. The standard InChI is InChI=1S/2C28H35.2CH3.2ClH.Si.Zr/c2*1-4-12-28(13-7-5-6-8-14-28)20-23-18-24-10-9-11-26(27(24)19-23)25-16-21(2)15-22(3)17-25;;;;;;/h2*9-11,15-19H,4-8,12-14,20H2,1-3H3;2*1H3;2*1H;;/q4*-1;;;;. The zero-order valence-electron chi connectivity index (χ0n) is 39.8. The molecular weight excluding hydrogens is 887 g/mol. The first-order valence-electron chi connectivity index (χ1n) is 23.0. The van der Waals surface area contributed by atoms with E-state index in [-0.39, 0.29) is 39.7 Å². The van der Waals surface area contributed by atoms with Gasteiger partial charge in [0.05, 0.1) is 0 Å². The number of hydrogen-bond acceptors (Lipinski definition) is 0. The van der Waals surface area contributed by atoms with E-state index >= 15 is 0 Å². The van der Waals surface area contributed by atoms with Gasteiger partial charge in [0.2, 0.25) is 0 Å². The fraction of sp³-hybridized carbons (Fsp3) is 0.448. The van der Waals surface area contributed by atoms with Crippen molar-refractivity contribution in [2.75, 3.05) is 0 Å². The Hall–Kier alpha value is -2.22. The van der Waals surface area contributed by atoms with Gasteiger partial charge >= 0.3 is 30.2 Å². The first-order chi connectivity index (χ1) is 28.2. The van der Waals surface area contributed by atoms with Gasteiger partial charge in [0.15, 0.2) is 0 Å². The van der Waals surface area contributed by atoms with Crippen molar-refractivity contribution in [2.45, 2.75) is 157 Å². The zero-order valence-corrected chi connectivity index (χ0v) is 44.9. The number of aryl methyl sites for hydroxylation is 4. The Balaban J connectivity index is 0.000000386. The fourth-order valence-corrected chi connectivity index (χ4v) is 11.5. The van der Waals surface area contributed by atoms with Crippen LogP contribution in [-0.2, 0) is 36.2 Å². The number of rotatable bonds is 10. The second kappa shape index (κ2) is 26.7. The van der Waals surface area contributed by atoms with Gasteiger partial charge in [-0.3, -0.25) is 0 Å². The van der Waals surface area contributed by atoms with E-state index in [1.165, 1.54) is 205 Å². The predicted molar refractivity (Wildman–Crippen MR) is 279 cm³/mol. The molecule has 2 fully saturated rings. The molecule has 4 heteroatoms. The van der Waals surface area contributed by atoms with Crippen LogP contribution in [-0.4, -0.2) is 6.88 Å². The van der Waals surface area contributed by atoms with Crippen LogP contribution in [0.3, 0.4) is 0 Å². The molecule has 2 radical (unpaired) electrons. The summed E-state index contributed by atoms with van der Waals surface area (Å²) in [6.07, 6.45) is 25.1. The molecule has 0 atom stereocenters. The summed E-state index contributed by atoms with van der Waals surface area (Å²) in [6, 6.07) is 37.5. The predicted octanol–water partition coefficient (Wildman–Crippen LogP) is 18.4. The molecule has 6 aromatic carbocycles. The van der Waals surface area contributed by atoms with E-state index in [2.05, 4.69) is 145 Å². The quantitative estimate of drug-likeness (QED) is 0.0729. The summed E-state index contributed by atoms with van der Waals surface area (Å²) < 4.78 is 0. The van der Waals surface area contributed by atoms with Gasteiger partial charge < -0.3 is 14.9 Å². The molecule has 0 aromatic heterocycles. The summed E-state index contributed by atoms with van der Waals surface area (Å²) in [5, 5.41) is 5.68. The summed E-state index contributed by atoms with van der Waals surface area (Å²) in [4.78, 5) is 0. The second-order valence-electron chi connectivity index (χ2n) is 18.8. The summed E-state index contributed by atoms with van der Waals surface area (Å²) >= 11 is 1.36. The van der Waals surface area contributed by atoms with Gasteiger partial charge in [-0.15, -0.1) is 93.9 Å². The average Bonchev–Trinajstić information content (AvgIpc) is 3.63. The first-order valence-corrected chi connectivity index (χ1v) is 27.1. The molecule has 6 aromatic rings. The third-order valence-electron chi connectivity index (χ3n) is 13.7. The van der Waals surface area contributed by atoms with E-state index in [0.29, 0.717) is 10.8 Å². The van der Waals surface area contributed by atoms with E-state index in [0.717, 1.165) is 0 Å². The van der Waals surface area contributed by atoms with Crippen LogP contribution in [0.25, 0.3) is 43.8 Å². The van der Waals surface area contributed by atoms with Gasteiger partial charge in [0, 0.05) is 0 Å². The van der Waals surface area contributed by atoms with E-state index < -0.39 is 0 Å². The molecule has 0 nitrogen and oxygen atoms in total. The van der Waals surface area contributed by atoms with Crippen LogP contribution in [0.2, 0.25) is 0 Å². The van der Waals surface area contributed by atoms with E-state index in [1.807, 2.05) is 0 Å². The monoisotopic (exact) mass is 962 g/mol. The van der Waals surface area contributed by atoms with Crippen LogP contribution in [0.5, 0.6) is 0 Å². The normalized spacial score (nSPS) is 15.4. The van der Waals surface area contributed by atoms with Crippen molar-refractivity contribution in [1.82, 2.24) is 0 Å². The topological polar surface area (TPSA) is 0 Å². The molecule has 0 aliphatic heterocycles. The molecule has 0 spiro atoms. The second-order valence-corrected chi connectivity index (χ2v) is 18.8. The van der Waals surface area contributed by atoms with Crippen LogP contribution >= 0.6 is 24.8 Å². The molecule has 2 aliphatic carbocycles. The van der Waals surface area contributed by atoms with Crippen LogP contribution in [0, 0.1) is 53.4 Å². The van der Waals surface area contributed by atoms with Crippen molar-refractivity contribution in [3.63, 3.8) is 0 Å². The van der Waals surface area contributed by atoms with Crippen LogP contribution in [0.15, 0.2) is 97.1 Å².